The third-order valence-corrected chi connectivity index (χ3v) is 5.02. The lowest BCUT2D eigenvalue weighted by atomic mass is 9.75. The molecule has 0 bridgehead atoms. The number of carbonyl (C=O) groups is 2. The van der Waals surface area contributed by atoms with Gasteiger partial charge in [-0.2, -0.15) is 5.26 Å². The standard InChI is InChI=1S/C21H22BN3O5/c1-12(2)19(21(27)29-11-16-6-4-14(8-23)9-24-16)25-20(26)17-7-5-15-10-30-22(28)18(15)13(17)3/h4-7,9,12,19,28H,10-11H2,1-3H3,(H,25,26). The molecule has 2 aromatic rings. The zero-order chi connectivity index (χ0) is 21.8. The number of aromatic nitrogens is 1. The second-order valence-corrected chi connectivity index (χ2v) is 7.43. The molecule has 1 aliphatic rings. The van der Waals surface area contributed by atoms with Gasteiger partial charge in [-0.25, -0.2) is 4.79 Å². The smallest absolute Gasteiger partial charge is 0.458 e. The largest absolute Gasteiger partial charge is 0.492 e. The van der Waals surface area contributed by atoms with Crippen molar-refractivity contribution in [2.24, 2.45) is 5.92 Å². The lowest BCUT2D eigenvalue weighted by Crippen LogP contribution is -2.46. The van der Waals surface area contributed by atoms with Gasteiger partial charge in [0, 0.05) is 11.8 Å². The molecule has 0 aliphatic carbocycles. The molecule has 1 atom stereocenters. The Kier molecular flexibility index (Phi) is 6.50. The third-order valence-electron chi connectivity index (χ3n) is 5.02. The summed E-state index contributed by atoms with van der Waals surface area (Å²) in [6.45, 7) is 5.58. The molecule has 1 amide bonds. The van der Waals surface area contributed by atoms with Gasteiger partial charge < -0.3 is 19.7 Å². The Balaban J connectivity index is 1.69. The lowest BCUT2D eigenvalue weighted by Gasteiger charge is -2.21. The van der Waals surface area contributed by atoms with E-state index < -0.39 is 25.0 Å². The van der Waals surface area contributed by atoms with Crippen LogP contribution in [0.15, 0.2) is 30.5 Å². The number of rotatable bonds is 6. The van der Waals surface area contributed by atoms with Crippen molar-refractivity contribution in [3.05, 3.63) is 58.4 Å². The maximum Gasteiger partial charge on any atom is 0.492 e. The first-order chi connectivity index (χ1) is 14.3. The van der Waals surface area contributed by atoms with Crippen LogP contribution in [0, 0.1) is 24.2 Å². The van der Waals surface area contributed by atoms with Gasteiger partial charge in [0.05, 0.1) is 17.9 Å². The van der Waals surface area contributed by atoms with Gasteiger partial charge in [-0.05, 0) is 47.6 Å². The van der Waals surface area contributed by atoms with Crippen LogP contribution in [0.2, 0.25) is 0 Å². The fraction of sp³-hybridized carbons (Fsp3) is 0.333. The van der Waals surface area contributed by atoms with Gasteiger partial charge in [0.25, 0.3) is 5.91 Å². The number of ether oxygens (including phenoxy) is 1. The summed E-state index contributed by atoms with van der Waals surface area (Å²) < 4.78 is 10.5. The number of fused-ring (bicyclic) bond motifs is 1. The first-order valence-electron chi connectivity index (χ1n) is 9.56. The normalized spacial score (nSPS) is 13.5. The SMILES string of the molecule is Cc1c(C(=O)NC(C(=O)OCc2ccc(C#N)cn2)C(C)C)ccc2c1B(O)OC2. The van der Waals surface area contributed by atoms with Crippen LogP contribution in [0.3, 0.4) is 0 Å². The van der Waals surface area contributed by atoms with Crippen LogP contribution in [0.5, 0.6) is 0 Å². The van der Waals surface area contributed by atoms with E-state index in [1.54, 1.807) is 45.0 Å². The van der Waals surface area contributed by atoms with Crippen molar-refractivity contribution in [2.75, 3.05) is 0 Å². The Morgan fingerprint density at radius 3 is 2.77 bits per heavy atom. The van der Waals surface area contributed by atoms with Crippen LogP contribution < -0.4 is 10.8 Å². The molecular formula is C21H22BN3O5. The molecule has 1 aromatic carbocycles. The molecule has 1 unspecified atom stereocenters. The molecule has 8 nitrogen and oxygen atoms in total. The van der Waals surface area contributed by atoms with Crippen LogP contribution in [-0.2, 0) is 27.4 Å². The van der Waals surface area contributed by atoms with E-state index in [9.17, 15) is 14.6 Å². The Morgan fingerprint density at radius 2 is 2.13 bits per heavy atom. The van der Waals surface area contributed by atoms with Crippen molar-refractivity contribution in [2.45, 2.75) is 40.0 Å². The van der Waals surface area contributed by atoms with Crippen molar-refractivity contribution >= 4 is 24.5 Å². The van der Waals surface area contributed by atoms with Crippen molar-refractivity contribution < 1.29 is 24.0 Å². The van der Waals surface area contributed by atoms with Crippen LogP contribution in [-0.4, -0.2) is 35.0 Å². The van der Waals surface area contributed by atoms with E-state index in [0.29, 0.717) is 34.5 Å². The minimum Gasteiger partial charge on any atom is -0.458 e. The summed E-state index contributed by atoms with van der Waals surface area (Å²) in [5.74, 6) is -1.22. The number of pyridine rings is 1. The molecule has 3 rings (SSSR count). The van der Waals surface area contributed by atoms with Gasteiger partial charge in [-0.15, -0.1) is 0 Å². The van der Waals surface area contributed by atoms with E-state index in [-0.39, 0.29) is 12.5 Å². The van der Waals surface area contributed by atoms with Gasteiger partial charge in [0.1, 0.15) is 18.7 Å². The summed E-state index contributed by atoms with van der Waals surface area (Å²) in [4.78, 5) is 29.5. The first kappa shape index (κ1) is 21.5. The van der Waals surface area contributed by atoms with Crippen molar-refractivity contribution in [1.29, 1.82) is 5.26 Å². The molecule has 154 valence electrons. The zero-order valence-corrected chi connectivity index (χ0v) is 17.0. The van der Waals surface area contributed by atoms with Crippen molar-refractivity contribution in [3.63, 3.8) is 0 Å². The summed E-state index contributed by atoms with van der Waals surface area (Å²) in [5, 5.41) is 21.5. The second kappa shape index (κ2) is 9.07. The zero-order valence-electron chi connectivity index (χ0n) is 17.0. The molecule has 30 heavy (non-hydrogen) atoms. The van der Waals surface area contributed by atoms with Gasteiger partial charge >= 0.3 is 13.1 Å². The highest BCUT2D eigenvalue weighted by Crippen LogP contribution is 2.17. The molecule has 0 saturated heterocycles. The number of nitriles is 1. The Bertz CT molecular complexity index is 1000. The molecule has 9 heteroatoms. The average Bonchev–Trinajstić information content (AvgIpc) is 3.12. The van der Waals surface area contributed by atoms with E-state index in [1.807, 2.05) is 6.07 Å². The van der Waals surface area contributed by atoms with Crippen LogP contribution in [0.25, 0.3) is 0 Å². The molecule has 2 heterocycles. The highest BCUT2D eigenvalue weighted by atomic mass is 16.5. The molecule has 0 radical (unpaired) electrons. The van der Waals surface area contributed by atoms with Gasteiger partial charge in [0.15, 0.2) is 0 Å². The quantitative estimate of drug-likeness (QED) is 0.541. The predicted molar refractivity (Wildman–Crippen MR) is 108 cm³/mol. The number of carbonyl (C=O) groups excluding carboxylic acids is 2. The number of nitrogens with zero attached hydrogens (tertiary/aromatic N) is 2. The molecule has 2 N–H and O–H groups in total. The molecule has 0 spiro atoms. The molecule has 0 fully saturated rings. The molecular weight excluding hydrogens is 385 g/mol. The van der Waals surface area contributed by atoms with Gasteiger partial charge in [-0.1, -0.05) is 19.9 Å². The lowest BCUT2D eigenvalue weighted by molar-refractivity contribution is -0.148. The summed E-state index contributed by atoms with van der Waals surface area (Å²) in [5.41, 5.74) is 3.33. The predicted octanol–water partition coefficient (Wildman–Crippen LogP) is 0.977. The van der Waals surface area contributed by atoms with E-state index in [0.717, 1.165) is 5.56 Å². The van der Waals surface area contributed by atoms with Crippen LogP contribution in [0.1, 0.15) is 46.6 Å². The van der Waals surface area contributed by atoms with Gasteiger partial charge in [0.2, 0.25) is 0 Å². The number of hydrogen-bond acceptors (Lipinski definition) is 7. The maximum absolute atomic E-state index is 12.9. The van der Waals surface area contributed by atoms with E-state index >= 15 is 0 Å². The number of amides is 1. The Labute approximate surface area is 175 Å². The first-order valence-corrected chi connectivity index (χ1v) is 9.56. The Morgan fingerprint density at radius 1 is 1.37 bits per heavy atom. The number of nitrogens with one attached hydrogen (secondary N) is 1. The van der Waals surface area contributed by atoms with Crippen LogP contribution in [0.4, 0.5) is 0 Å². The van der Waals surface area contributed by atoms with Crippen molar-refractivity contribution in [3.8, 4) is 6.07 Å². The molecule has 1 aromatic heterocycles. The van der Waals surface area contributed by atoms with Crippen LogP contribution >= 0.6 is 0 Å². The number of benzene rings is 1. The summed E-state index contributed by atoms with van der Waals surface area (Å²) >= 11 is 0. The monoisotopic (exact) mass is 407 g/mol. The highest BCUT2D eigenvalue weighted by molar-refractivity contribution is 6.62. The number of esters is 1. The van der Waals surface area contributed by atoms with E-state index in [4.69, 9.17) is 14.7 Å². The molecule has 0 saturated carbocycles. The minimum absolute atomic E-state index is 0.0644. The average molecular weight is 407 g/mol. The summed E-state index contributed by atoms with van der Waals surface area (Å²) in [7, 11) is -1.06. The Hall–Kier alpha value is -3.22. The van der Waals surface area contributed by atoms with E-state index in [2.05, 4.69) is 10.3 Å². The van der Waals surface area contributed by atoms with Crippen molar-refractivity contribution in [1.82, 2.24) is 10.3 Å². The number of hydrogen-bond donors (Lipinski definition) is 2. The summed E-state index contributed by atoms with van der Waals surface area (Å²) in [6.07, 6.45) is 1.40. The van der Waals surface area contributed by atoms with Gasteiger partial charge in [-0.3, -0.25) is 9.78 Å². The second-order valence-electron chi connectivity index (χ2n) is 7.43. The molecule has 1 aliphatic heterocycles. The highest BCUT2D eigenvalue weighted by Gasteiger charge is 2.32. The fourth-order valence-electron chi connectivity index (χ4n) is 3.28. The fourth-order valence-corrected chi connectivity index (χ4v) is 3.28. The topological polar surface area (TPSA) is 122 Å². The van der Waals surface area contributed by atoms with E-state index in [1.165, 1.54) is 6.20 Å². The summed E-state index contributed by atoms with van der Waals surface area (Å²) in [6, 6.07) is 7.72. The minimum atomic E-state index is -1.06. The third kappa shape index (κ3) is 4.51. The maximum atomic E-state index is 12.9.